The monoisotopic (exact) mass is 164 g/mol. The molecule has 0 aromatic heterocycles. The molecule has 0 aliphatic rings. The van der Waals surface area contributed by atoms with Crippen molar-refractivity contribution in [3.8, 4) is 0 Å². The molecule has 0 unspecified atom stereocenters. The number of rotatable bonds is 4. The summed E-state index contributed by atoms with van der Waals surface area (Å²) in [4.78, 5) is 0. The van der Waals surface area contributed by atoms with Crippen molar-refractivity contribution in [2.24, 2.45) is 5.92 Å². The van der Waals surface area contributed by atoms with Gasteiger partial charge in [-0.1, -0.05) is 0 Å². The number of hydrogen-bond donors (Lipinski definition) is 0. The average molecular weight is 166 g/mol. The molecule has 8 heavy (non-hydrogen) atoms. The van der Waals surface area contributed by atoms with E-state index in [4.69, 9.17) is 0 Å². The zero-order chi connectivity index (χ0) is 6.41. The Morgan fingerprint density at radius 1 is 1.38 bits per heavy atom. The van der Waals surface area contributed by atoms with Crippen molar-refractivity contribution in [2.75, 3.05) is 0 Å². The first kappa shape index (κ1) is 8.62. The maximum absolute atomic E-state index is 2.33. The molecule has 0 heterocycles. The maximum atomic E-state index is 2.33. The molecular weight excluding hydrogens is 149 g/mol. The summed E-state index contributed by atoms with van der Waals surface area (Å²) in [6.45, 7) is 6.97. The summed E-state index contributed by atoms with van der Waals surface area (Å²) in [6.07, 6.45) is 1.44. The van der Waals surface area contributed by atoms with Crippen LogP contribution in [0.15, 0.2) is 0 Å². The Morgan fingerprint density at radius 3 is 2.38 bits per heavy atom. The van der Waals surface area contributed by atoms with Gasteiger partial charge in [-0.2, -0.15) is 0 Å². The van der Waals surface area contributed by atoms with Gasteiger partial charge in [0.25, 0.3) is 0 Å². The second-order valence-electron chi connectivity index (χ2n) is 2.89. The van der Waals surface area contributed by atoms with Gasteiger partial charge in [-0.3, -0.25) is 0 Å². The Kier molecular flexibility index (Phi) is 6.20. The van der Waals surface area contributed by atoms with Gasteiger partial charge in [-0.15, -0.1) is 0 Å². The van der Waals surface area contributed by atoms with Crippen LogP contribution < -0.4 is 0 Å². The molecule has 0 aromatic rings. The summed E-state index contributed by atoms with van der Waals surface area (Å²) in [5.41, 5.74) is 0. The third-order valence-corrected chi connectivity index (χ3v) is 7.20. The van der Waals surface area contributed by atoms with Crippen molar-refractivity contribution in [3.05, 3.63) is 0 Å². The van der Waals surface area contributed by atoms with E-state index in [-0.39, 0.29) is 17.1 Å². The standard InChI is InChI=1S/C4H9.C3H7.Zn/c1-4(2)3;1-3-2;/h4H,1H2,2-3H3;1,3H2,2H3;. The SMILES string of the molecule is CC[CH2][Zn][CH2]C(C)C. The molecular formula is C7H16Zn. The van der Waals surface area contributed by atoms with Gasteiger partial charge in [0.2, 0.25) is 0 Å². The molecule has 0 saturated heterocycles. The molecule has 0 aromatic carbocycles. The van der Waals surface area contributed by atoms with Gasteiger partial charge in [-0.25, -0.2) is 0 Å². The first-order chi connectivity index (χ1) is 3.77. The first-order valence-corrected chi connectivity index (χ1v) is 7.97. The second kappa shape index (κ2) is 5.75. The fourth-order valence-corrected chi connectivity index (χ4v) is 4.17. The third kappa shape index (κ3) is 6.62. The third-order valence-electron chi connectivity index (χ3n) is 1.39. The molecule has 0 aliphatic carbocycles. The van der Waals surface area contributed by atoms with Crippen molar-refractivity contribution in [2.45, 2.75) is 37.2 Å². The summed E-state index contributed by atoms with van der Waals surface area (Å²) in [7, 11) is 0. The van der Waals surface area contributed by atoms with Crippen LogP contribution in [0.1, 0.15) is 27.2 Å². The Morgan fingerprint density at radius 2 is 2.00 bits per heavy atom. The summed E-state index contributed by atoms with van der Waals surface area (Å²) in [5.74, 6) is 0.988. The molecule has 0 radical (unpaired) electrons. The van der Waals surface area contributed by atoms with E-state index in [0.717, 1.165) is 5.92 Å². The van der Waals surface area contributed by atoms with E-state index >= 15 is 0 Å². The molecule has 1 heteroatoms. The van der Waals surface area contributed by atoms with Gasteiger partial charge in [0.1, 0.15) is 0 Å². The van der Waals surface area contributed by atoms with Crippen molar-refractivity contribution < 1.29 is 17.1 Å². The predicted molar refractivity (Wildman–Crippen MR) is 34.7 cm³/mol. The topological polar surface area (TPSA) is 0 Å². The van der Waals surface area contributed by atoms with Crippen LogP contribution in [0.25, 0.3) is 0 Å². The van der Waals surface area contributed by atoms with Crippen molar-refractivity contribution in [1.29, 1.82) is 0 Å². The minimum atomic E-state index is -0.00752. The van der Waals surface area contributed by atoms with Crippen LogP contribution in [-0.2, 0) is 17.1 Å². The normalized spacial score (nSPS) is 9.50. The summed E-state index contributed by atoms with van der Waals surface area (Å²) in [6, 6.07) is 0. The average Bonchev–Trinajstić information content (AvgIpc) is 1.66. The zero-order valence-corrected chi connectivity index (χ0v) is 9.37. The zero-order valence-electron chi connectivity index (χ0n) is 6.41. The van der Waals surface area contributed by atoms with E-state index < -0.39 is 0 Å². The van der Waals surface area contributed by atoms with E-state index in [1.165, 1.54) is 6.42 Å². The van der Waals surface area contributed by atoms with Crippen molar-refractivity contribution in [1.82, 2.24) is 0 Å². The van der Waals surface area contributed by atoms with Gasteiger partial charge >= 0.3 is 60.3 Å². The van der Waals surface area contributed by atoms with Crippen LogP contribution in [0.2, 0.25) is 10.0 Å². The fraction of sp³-hybridized carbons (Fsp3) is 1.00. The van der Waals surface area contributed by atoms with Crippen LogP contribution >= 0.6 is 0 Å². The molecule has 0 atom stereocenters. The van der Waals surface area contributed by atoms with Crippen LogP contribution in [0.3, 0.4) is 0 Å². The molecule has 0 fully saturated rings. The van der Waals surface area contributed by atoms with Gasteiger partial charge in [-0.05, 0) is 0 Å². The quantitative estimate of drug-likeness (QED) is 0.444. The van der Waals surface area contributed by atoms with E-state index in [9.17, 15) is 0 Å². The Balaban J connectivity index is 2.72. The summed E-state index contributed by atoms with van der Waals surface area (Å²) >= 11 is -0.00752. The van der Waals surface area contributed by atoms with Gasteiger partial charge in [0.15, 0.2) is 0 Å². The molecule has 0 aliphatic heterocycles. The Labute approximate surface area is 60.6 Å². The second-order valence-corrected chi connectivity index (χ2v) is 7.07. The molecule has 0 nitrogen and oxygen atoms in total. The van der Waals surface area contributed by atoms with Crippen molar-refractivity contribution in [3.63, 3.8) is 0 Å². The fourth-order valence-electron chi connectivity index (χ4n) is 0.803. The molecule has 0 N–H and O–H groups in total. The Bertz CT molecular complexity index is 41.7. The summed E-state index contributed by atoms with van der Waals surface area (Å²) < 4.78 is 0. The predicted octanol–water partition coefficient (Wildman–Crippen LogP) is 2.97. The van der Waals surface area contributed by atoms with E-state index in [1.807, 2.05) is 0 Å². The first-order valence-electron chi connectivity index (χ1n) is 3.77. The van der Waals surface area contributed by atoms with Gasteiger partial charge < -0.3 is 0 Å². The van der Waals surface area contributed by atoms with Crippen LogP contribution in [0, 0.1) is 5.92 Å². The molecule has 0 saturated carbocycles. The molecule has 0 spiro atoms. The van der Waals surface area contributed by atoms with Crippen LogP contribution in [0.5, 0.6) is 0 Å². The van der Waals surface area contributed by atoms with Gasteiger partial charge in [0.05, 0.1) is 0 Å². The Hall–Kier alpha value is 0.623. The molecule has 0 amide bonds. The van der Waals surface area contributed by atoms with E-state index in [2.05, 4.69) is 20.8 Å². The van der Waals surface area contributed by atoms with Crippen LogP contribution in [-0.4, -0.2) is 0 Å². The minimum absolute atomic E-state index is 0.00752. The number of hydrogen-bond acceptors (Lipinski definition) is 0. The summed E-state index contributed by atoms with van der Waals surface area (Å²) in [5, 5.41) is 3.20. The van der Waals surface area contributed by atoms with Crippen molar-refractivity contribution >= 4 is 0 Å². The van der Waals surface area contributed by atoms with Gasteiger partial charge in [0, 0.05) is 0 Å². The van der Waals surface area contributed by atoms with Crippen LogP contribution in [0.4, 0.5) is 0 Å². The van der Waals surface area contributed by atoms with E-state index in [1.54, 1.807) is 10.0 Å². The molecule has 0 bridgehead atoms. The molecule has 0 rings (SSSR count). The molecule has 46 valence electrons. The van der Waals surface area contributed by atoms with E-state index in [0.29, 0.717) is 0 Å².